The first-order valence-corrected chi connectivity index (χ1v) is 10.1. The highest BCUT2D eigenvalue weighted by Crippen LogP contribution is 2.17. The third-order valence-electron chi connectivity index (χ3n) is 5.28. The molecule has 0 saturated carbocycles. The van der Waals surface area contributed by atoms with Crippen molar-refractivity contribution in [3.63, 3.8) is 0 Å². The van der Waals surface area contributed by atoms with Crippen LogP contribution in [0.2, 0.25) is 0 Å². The van der Waals surface area contributed by atoms with Crippen molar-refractivity contribution < 1.29 is 14.3 Å². The van der Waals surface area contributed by atoms with Gasteiger partial charge >= 0.3 is 0 Å². The Morgan fingerprint density at radius 3 is 2.21 bits per heavy atom. The SMILES string of the molecule is COc1ccc(CNC(=O)CN2CCC(C(=O)NCc3ccccc3)CC2)cc1. The second-order valence-corrected chi connectivity index (χ2v) is 7.38. The lowest BCUT2D eigenvalue weighted by Gasteiger charge is -2.30. The number of nitrogens with zero attached hydrogens (tertiary/aromatic N) is 1. The first-order chi connectivity index (χ1) is 14.1. The molecule has 2 N–H and O–H groups in total. The van der Waals surface area contributed by atoms with Crippen LogP contribution >= 0.6 is 0 Å². The zero-order chi connectivity index (χ0) is 20.5. The van der Waals surface area contributed by atoms with E-state index in [4.69, 9.17) is 4.74 Å². The van der Waals surface area contributed by atoms with Gasteiger partial charge in [-0.2, -0.15) is 0 Å². The number of nitrogens with one attached hydrogen (secondary N) is 2. The summed E-state index contributed by atoms with van der Waals surface area (Å²) in [6.45, 7) is 2.96. The molecule has 2 amide bonds. The van der Waals surface area contributed by atoms with Crippen LogP contribution in [0.1, 0.15) is 24.0 Å². The fraction of sp³-hybridized carbons (Fsp3) is 0.391. The maximum absolute atomic E-state index is 12.4. The van der Waals surface area contributed by atoms with E-state index in [1.165, 1.54) is 0 Å². The summed E-state index contributed by atoms with van der Waals surface area (Å²) in [5, 5.41) is 5.98. The Morgan fingerprint density at radius 2 is 1.55 bits per heavy atom. The fourth-order valence-electron chi connectivity index (χ4n) is 3.49. The fourth-order valence-corrected chi connectivity index (χ4v) is 3.49. The Labute approximate surface area is 172 Å². The molecule has 1 saturated heterocycles. The van der Waals surface area contributed by atoms with E-state index in [0.717, 1.165) is 42.8 Å². The maximum atomic E-state index is 12.4. The van der Waals surface area contributed by atoms with Gasteiger partial charge < -0.3 is 15.4 Å². The highest BCUT2D eigenvalue weighted by Gasteiger charge is 2.25. The predicted octanol–water partition coefficient (Wildman–Crippen LogP) is 2.34. The van der Waals surface area contributed by atoms with E-state index in [2.05, 4.69) is 15.5 Å². The Kier molecular flexibility index (Phi) is 7.64. The highest BCUT2D eigenvalue weighted by molar-refractivity contribution is 5.79. The van der Waals surface area contributed by atoms with Gasteiger partial charge in [0.1, 0.15) is 5.75 Å². The maximum Gasteiger partial charge on any atom is 0.234 e. The normalized spacial score (nSPS) is 14.9. The molecule has 154 valence electrons. The van der Waals surface area contributed by atoms with Crippen LogP contribution < -0.4 is 15.4 Å². The topological polar surface area (TPSA) is 70.7 Å². The van der Waals surface area contributed by atoms with Crippen LogP contribution in [-0.4, -0.2) is 43.5 Å². The van der Waals surface area contributed by atoms with E-state index in [9.17, 15) is 9.59 Å². The zero-order valence-corrected chi connectivity index (χ0v) is 16.9. The number of piperidine rings is 1. The van der Waals surface area contributed by atoms with Gasteiger partial charge in [0.15, 0.2) is 0 Å². The summed E-state index contributed by atoms with van der Waals surface area (Å²) in [6.07, 6.45) is 1.57. The molecule has 1 fully saturated rings. The van der Waals surface area contributed by atoms with E-state index in [1.54, 1.807) is 7.11 Å². The van der Waals surface area contributed by atoms with Crippen molar-refractivity contribution >= 4 is 11.8 Å². The summed E-state index contributed by atoms with van der Waals surface area (Å²) < 4.78 is 5.14. The van der Waals surface area contributed by atoms with Crippen LogP contribution in [0, 0.1) is 5.92 Å². The number of likely N-dealkylation sites (tertiary alicyclic amines) is 1. The average Bonchev–Trinajstić information content (AvgIpc) is 2.77. The Morgan fingerprint density at radius 1 is 0.931 bits per heavy atom. The molecule has 0 spiro atoms. The quantitative estimate of drug-likeness (QED) is 0.720. The first-order valence-electron chi connectivity index (χ1n) is 10.1. The van der Waals surface area contributed by atoms with Gasteiger partial charge in [0, 0.05) is 19.0 Å². The van der Waals surface area contributed by atoms with Crippen LogP contribution in [-0.2, 0) is 22.7 Å². The molecule has 0 radical (unpaired) electrons. The molecule has 0 atom stereocenters. The van der Waals surface area contributed by atoms with Crippen LogP contribution in [0.15, 0.2) is 54.6 Å². The van der Waals surface area contributed by atoms with Gasteiger partial charge in [0.05, 0.1) is 13.7 Å². The third kappa shape index (κ3) is 6.61. The molecule has 2 aromatic rings. The van der Waals surface area contributed by atoms with E-state index in [0.29, 0.717) is 19.6 Å². The highest BCUT2D eigenvalue weighted by atomic mass is 16.5. The van der Waals surface area contributed by atoms with Gasteiger partial charge in [0.2, 0.25) is 11.8 Å². The molecule has 6 heteroatoms. The minimum atomic E-state index is 0.00722. The van der Waals surface area contributed by atoms with E-state index in [1.807, 2.05) is 54.6 Å². The lowest BCUT2D eigenvalue weighted by atomic mass is 9.96. The summed E-state index contributed by atoms with van der Waals surface area (Å²) in [5.74, 6) is 0.943. The molecular formula is C23H29N3O3. The molecule has 2 aromatic carbocycles. The third-order valence-corrected chi connectivity index (χ3v) is 5.28. The van der Waals surface area contributed by atoms with Gasteiger partial charge in [0.25, 0.3) is 0 Å². The molecule has 29 heavy (non-hydrogen) atoms. The standard InChI is InChI=1S/C23H29N3O3/c1-29-21-9-7-19(8-10-21)15-24-22(27)17-26-13-11-20(12-14-26)23(28)25-16-18-5-3-2-4-6-18/h2-10,20H,11-17H2,1H3,(H,24,27)(H,25,28). The summed E-state index contributed by atoms with van der Waals surface area (Å²) in [6, 6.07) is 17.6. The summed E-state index contributed by atoms with van der Waals surface area (Å²) in [4.78, 5) is 26.7. The second-order valence-electron chi connectivity index (χ2n) is 7.38. The van der Waals surface area contributed by atoms with Crippen molar-refractivity contribution in [2.24, 2.45) is 5.92 Å². The summed E-state index contributed by atoms with van der Waals surface area (Å²) >= 11 is 0. The molecule has 0 unspecified atom stereocenters. The zero-order valence-electron chi connectivity index (χ0n) is 16.9. The van der Waals surface area contributed by atoms with Crippen LogP contribution in [0.4, 0.5) is 0 Å². The first kappa shape index (κ1) is 20.9. The van der Waals surface area contributed by atoms with Crippen molar-refractivity contribution in [1.29, 1.82) is 0 Å². The van der Waals surface area contributed by atoms with Crippen molar-refractivity contribution in [3.8, 4) is 5.75 Å². The Bertz CT molecular complexity index is 785. The average molecular weight is 396 g/mol. The molecule has 0 bridgehead atoms. The van der Waals surface area contributed by atoms with Gasteiger partial charge in [-0.25, -0.2) is 0 Å². The van der Waals surface area contributed by atoms with Gasteiger partial charge in [-0.05, 0) is 49.2 Å². The molecule has 0 aromatic heterocycles. The number of benzene rings is 2. The largest absolute Gasteiger partial charge is 0.497 e. The molecule has 3 rings (SSSR count). The molecule has 1 heterocycles. The monoisotopic (exact) mass is 395 g/mol. The summed E-state index contributed by atoms with van der Waals surface area (Å²) in [7, 11) is 1.63. The second kappa shape index (κ2) is 10.6. The number of ether oxygens (including phenoxy) is 1. The van der Waals surface area contributed by atoms with E-state index >= 15 is 0 Å². The number of hydrogen-bond donors (Lipinski definition) is 2. The number of hydrogen-bond acceptors (Lipinski definition) is 4. The van der Waals surface area contributed by atoms with Crippen LogP contribution in [0.25, 0.3) is 0 Å². The minimum absolute atomic E-state index is 0.00722. The Balaban J connectivity index is 1.34. The number of carbonyl (C=O) groups is 2. The molecular weight excluding hydrogens is 366 g/mol. The van der Waals surface area contributed by atoms with Gasteiger partial charge in [-0.3, -0.25) is 14.5 Å². The van der Waals surface area contributed by atoms with Crippen molar-refractivity contribution in [1.82, 2.24) is 15.5 Å². The number of methoxy groups -OCH3 is 1. The number of carbonyl (C=O) groups excluding carboxylic acids is 2. The molecule has 0 aliphatic carbocycles. The van der Waals surface area contributed by atoms with Crippen molar-refractivity contribution in [2.75, 3.05) is 26.7 Å². The summed E-state index contributed by atoms with van der Waals surface area (Å²) in [5.41, 5.74) is 2.14. The number of amides is 2. The smallest absolute Gasteiger partial charge is 0.234 e. The van der Waals surface area contributed by atoms with Gasteiger partial charge in [-0.1, -0.05) is 42.5 Å². The number of rotatable bonds is 8. The van der Waals surface area contributed by atoms with Crippen molar-refractivity contribution in [3.05, 3.63) is 65.7 Å². The predicted molar refractivity (Wildman–Crippen MR) is 112 cm³/mol. The minimum Gasteiger partial charge on any atom is -0.497 e. The van der Waals surface area contributed by atoms with Crippen LogP contribution in [0.5, 0.6) is 5.75 Å². The lowest BCUT2D eigenvalue weighted by molar-refractivity contribution is -0.127. The van der Waals surface area contributed by atoms with Crippen LogP contribution in [0.3, 0.4) is 0 Å². The Hall–Kier alpha value is -2.86. The van der Waals surface area contributed by atoms with Crippen molar-refractivity contribution in [2.45, 2.75) is 25.9 Å². The molecule has 6 nitrogen and oxygen atoms in total. The molecule has 1 aliphatic rings. The van der Waals surface area contributed by atoms with E-state index < -0.39 is 0 Å². The lowest BCUT2D eigenvalue weighted by Crippen LogP contribution is -2.44. The van der Waals surface area contributed by atoms with Gasteiger partial charge in [-0.15, -0.1) is 0 Å². The molecule has 1 aliphatic heterocycles. The van der Waals surface area contributed by atoms with E-state index in [-0.39, 0.29) is 17.7 Å².